The fourth-order valence-corrected chi connectivity index (χ4v) is 2.98. The van der Waals surface area contributed by atoms with E-state index >= 15 is 0 Å². The van der Waals surface area contributed by atoms with E-state index < -0.39 is 0 Å². The third-order valence-electron chi connectivity index (χ3n) is 4.09. The van der Waals surface area contributed by atoms with E-state index in [9.17, 15) is 9.59 Å². The SMILES string of the molecule is CCc1c(C)c2ccc(OCC(=O)Nc3cccc(Cl)c3)cc2oc1=O. The molecule has 3 rings (SSSR count). The lowest BCUT2D eigenvalue weighted by Crippen LogP contribution is -2.20. The summed E-state index contributed by atoms with van der Waals surface area (Å²) in [7, 11) is 0. The fourth-order valence-electron chi connectivity index (χ4n) is 2.79. The Morgan fingerprint density at radius 2 is 2.04 bits per heavy atom. The third kappa shape index (κ3) is 3.89. The van der Waals surface area contributed by atoms with Gasteiger partial charge in [-0.15, -0.1) is 0 Å². The summed E-state index contributed by atoms with van der Waals surface area (Å²) in [5.74, 6) is 0.136. The Morgan fingerprint density at radius 1 is 1.23 bits per heavy atom. The lowest BCUT2D eigenvalue weighted by Gasteiger charge is -2.10. The van der Waals surface area contributed by atoms with Gasteiger partial charge in [0.2, 0.25) is 0 Å². The smallest absolute Gasteiger partial charge is 0.339 e. The molecule has 0 saturated carbocycles. The number of benzene rings is 2. The van der Waals surface area contributed by atoms with E-state index in [0.717, 1.165) is 10.9 Å². The average Bonchev–Trinajstić information content (AvgIpc) is 2.60. The number of ether oxygens (including phenoxy) is 1. The van der Waals surface area contributed by atoms with Crippen LogP contribution in [0.15, 0.2) is 51.7 Å². The zero-order chi connectivity index (χ0) is 18.7. The molecule has 0 saturated heterocycles. The Hall–Kier alpha value is -2.79. The molecule has 1 amide bonds. The van der Waals surface area contributed by atoms with Gasteiger partial charge in [-0.2, -0.15) is 0 Å². The molecule has 0 fully saturated rings. The van der Waals surface area contributed by atoms with Crippen molar-refractivity contribution in [1.29, 1.82) is 0 Å². The number of halogens is 1. The van der Waals surface area contributed by atoms with Gasteiger partial charge in [-0.3, -0.25) is 4.79 Å². The number of rotatable bonds is 5. The molecule has 0 aliphatic rings. The Balaban J connectivity index is 1.73. The summed E-state index contributed by atoms with van der Waals surface area (Å²) in [6.07, 6.45) is 0.617. The van der Waals surface area contributed by atoms with Crippen LogP contribution in [0.2, 0.25) is 5.02 Å². The van der Waals surface area contributed by atoms with Crippen molar-refractivity contribution in [3.8, 4) is 5.75 Å². The number of amides is 1. The number of carbonyl (C=O) groups excluding carboxylic acids is 1. The monoisotopic (exact) mass is 371 g/mol. The van der Waals surface area contributed by atoms with Crippen molar-refractivity contribution in [3.05, 3.63) is 69.0 Å². The van der Waals surface area contributed by atoms with Crippen LogP contribution < -0.4 is 15.7 Å². The van der Waals surface area contributed by atoms with E-state index in [4.69, 9.17) is 20.8 Å². The molecule has 26 heavy (non-hydrogen) atoms. The first-order valence-corrected chi connectivity index (χ1v) is 8.60. The van der Waals surface area contributed by atoms with Crippen LogP contribution in [0, 0.1) is 6.92 Å². The molecule has 3 aromatic rings. The zero-order valence-electron chi connectivity index (χ0n) is 14.5. The number of carbonyl (C=O) groups is 1. The maximum Gasteiger partial charge on any atom is 0.339 e. The molecule has 5 nitrogen and oxygen atoms in total. The molecule has 1 aromatic heterocycles. The molecule has 134 valence electrons. The minimum Gasteiger partial charge on any atom is -0.484 e. The first kappa shape index (κ1) is 18.0. The molecule has 0 bridgehead atoms. The predicted molar refractivity (Wildman–Crippen MR) is 102 cm³/mol. The standard InChI is InChI=1S/C20H18ClNO4/c1-3-16-12(2)17-8-7-15(10-18(17)26-20(16)24)25-11-19(23)22-14-6-4-5-13(21)9-14/h4-10H,3,11H2,1-2H3,(H,22,23). The van der Waals surface area contributed by atoms with Crippen LogP contribution in [-0.4, -0.2) is 12.5 Å². The van der Waals surface area contributed by atoms with Crippen LogP contribution in [-0.2, 0) is 11.2 Å². The second kappa shape index (κ2) is 7.62. The Morgan fingerprint density at radius 3 is 2.77 bits per heavy atom. The molecule has 1 heterocycles. The average molecular weight is 372 g/mol. The van der Waals surface area contributed by atoms with Crippen molar-refractivity contribution in [2.24, 2.45) is 0 Å². The van der Waals surface area contributed by atoms with Crippen LogP contribution in [0.1, 0.15) is 18.1 Å². The summed E-state index contributed by atoms with van der Waals surface area (Å²) < 4.78 is 10.9. The second-order valence-electron chi connectivity index (χ2n) is 5.85. The Bertz CT molecular complexity index is 1030. The Labute approximate surface area is 155 Å². The Kier molecular flexibility index (Phi) is 5.28. The quantitative estimate of drug-likeness (QED) is 0.677. The molecule has 0 spiro atoms. The van der Waals surface area contributed by atoms with E-state index in [0.29, 0.717) is 34.0 Å². The van der Waals surface area contributed by atoms with Gasteiger partial charge in [0.15, 0.2) is 6.61 Å². The van der Waals surface area contributed by atoms with Gasteiger partial charge in [0.05, 0.1) is 0 Å². The van der Waals surface area contributed by atoms with Crippen molar-refractivity contribution < 1.29 is 13.9 Å². The maximum absolute atomic E-state index is 12.0. The predicted octanol–water partition coefficient (Wildman–Crippen LogP) is 4.33. The highest BCUT2D eigenvalue weighted by molar-refractivity contribution is 6.30. The summed E-state index contributed by atoms with van der Waals surface area (Å²) >= 11 is 5.89. The number of hydrogen-bond donors (Lipinski definition) is 1. The van der Waals surface area contributed by atoms with Crippen LogP contribution in [0.4, 0.5) is 5.69 Å². The van der Waals surface area contributed by atoms with E-state index in [1.807, 2.05) is 19.9 Å². The minimum atomic E-state index is -0.339. The lowest BCUT2D eigenvalue weighted by atomic mass is 10.0. The van der Waals surface area contributed by atoms with Crippen molar-refractivity contribution in [3.63, 3.8) is 0 Å². The van der Waals surface area contributed by atoms with Gasteiger partial charge in [0.25, 0.3) is 5.91 Å². The zero-order valence-corrected chi connectivity index (χ0v) is 15.2. The van der Waals surface area contributed by atoms with Gasteiger partial charge >= 0.3 is 5.63 Å². The molecule has 1 N–H and O–H groups in total. The molecule has 0 radical (unpaired) electrons. The largest absolute Gasteiger partial charge is 0.484 e. The van der Waals surface area contributed by atoms with Crippen LogP contribution >= 0.6 is 11.6 Å². The fraction of sp³-hybridized carbons (Fsp3) is 0.200. The minimum absolute atomic E-state index is 0.172. The molecule has 6 heteroatoms. The third-order valence-corrected chi connectivity index (χ3v) is 4.33. The molecule has 0 aliphatic carbocycles. The summed E-state index contributed by atoms with van der Waals surface area (Å²) in [6.45, 7) is 3.65. The van der Waals surface area contributed by atoms with Crippen LogP contribution in [0.5, 0.6) is 5.75 Å². The molecule has 0 aliphatic heterocycles. The van der Waals surface area contributed by atoms with Crippen molar-refractivity contribution in [2.45, 2.75) is 20.3 Å². The van der Waals surface area contributed by atoms with E-state index in [-0.39, 0.29) is 18.1 Å². The van der Waals surface area contributed by atoms with Gasteiger partial charge in [0, 0.05) is 27.7 Å². The lowest BCUT2D eigenvalue weighted by molar-refractivity contribution is -0.118. The van der Waals surface area contributed by atoms with Gasteiger partial charge < -0.3 is 14.5 Å². The van der Waals surface area contributed by atoms with Gasteiger partial charge in [0.1, 0.15) is 11.3 Å². The summed E-state index contributed by atoms with van der Waals surface area (Å²) in [6, 6.07) is 12.1. The van der Waals surface area contributed by atoms with Gasteiger partial charge in [-0.25, -0.2) is 4.79 Å². The normalized spacial score (nSPS) is 10.7. The first-order chi connectivity index (χ1) is 12.5. The number of aryl methyl sites for hydroxylation is 1. The highest BCUT2D eigenvalue weighted by Crippen LogP contribution is 2.24. The summed E-state index contributed by atoms with van der Waals surface area (Å²) in [5, 5.41) is 4.10. The first-order valence-electron chi connectivity index (χ1n) is 8.22. The highest BCUT2D eigenvalue weighted by atomic mass is 35.5. The topological polar surface area (TPSA) is 68.5 Å². The van der Waals surface area contributed by atoms with E-state index in [1.54, 1.807) is 36.4 Å². The molecule has 0 unspecified atom stereocenters. The van der Waals surface area contributed by atoms with Crippen LogP contribution in [0.3, 0.4) is 0 Å². The van der Waals surface area contributed by atoms with E-state index in [2.05, 4.69) is 5.32 Å². The summed E-state index contributed by atoms with van der Waals surface area (Å²) in [4.78, 5) is 24.0. The second-order valence-corrected chi connectivity index (χ2v) is 6.29. The van der Waals surface area contributed by atoms with E-state index in [1.165, 1.54) is 0 Å². The molecular formula is C20H18ClNO4. The van der Waals surface area contributed by atoms with Crippen molar-refractivity contribution >= 4 is 34.2 Å². The summed E-state index contributed by atoms with van der Waals surface area (Å²) in [5.41, 5.74) is 2.28. The number of hydrogen-bond acceptors (Lipinski definition) is 4. The molecule has 2 aromatic carbocycles. The molecular weight excluding hydrogens is 354 g/mol. The number of fused-ring (bicyclic) bond motifs is 1. The van der Waals surface area contributed by atoms with Crippen molar-refractivity contribution in [1.82, 2.24) is 0 Å². The van der Waals surface area contributed by atoms with Gasteiger partial charge in [-0.1, -0.05) is 24.6 Å². The number of anilines is 1. The molecule has 0 atom stereocenters. The number of nitrogens with one attached hydrogen (secondary N) is 1. The maximum atomic E-state index is 12.0. The van der Waals surface area contributed by atoms with Crippen molar-refractivity contribution in [2.75, 3.05) is 11.9 Å². The highest BCUT2D eigenvalue weighted by Gasteiger charge is 2.11. The van der Waals surface area contributed by atoms with Crippen LogP contribution in [0.25, 0.3) is 11.0 Å². The van der Waals surface area contributed by atoms with Gasteiger partial charge in [-0.05, 0) is 49.2 Å².